The van der Waals surface area contributed by atoms with Gasteiger partial charge >= 0.3 is 0 Å². The molecule has 0 bridgehead atoms. The summed E-state index contributed by atoms with van der Waals surface area (Å²) in [6.07, 6.45) is 0.905. The number of rotatable bonds is 3. The maximum absolute atomic E-state index is 11.5. The van der Waals surface area contributed by atoms with Crippen molar-refractivity contribution >= 4 is 21.8 Å². The fourth-order valence-electron chi connectivity index (χ4n) is 2.05. The summed E-state index contributed by atoms with van der Waals surface area (Å²) >= 11 is 3.47. The monoisotopic (exact) mass is 303 g/mol. The lowest BCUT2D eigenvalue weighted by molar-refractivity contribution is 0.100. The number of halogens is 1. The number of carbonyl (C=O) groups excluding carboxylic acids is 1. The van der Waals surface area contributed by atoms with E-state index in [0.717, 1.165) is 22.0 Å². The van der Waals surface area contributed by atoms with Crippen molar-refractivity contribution in [1.29, 1.82) is 0 Å². The largest absolute Gasteiger partial charge is 0.366 e. The molecule has 1 amide bonds. The summed E-state index contributed by atoms with van der Waals surface area (Å²) in [6.45, 7) is 2.10. The molecule has 0 aliphatic rings. The molecule has 2 aromatic rings. The lowest BCUT2D eigenvalue weighted by Gasteiger charge is -2.11. The van der Waals surface area contributed by atoms with Crippen LogP contribution in [-0.2, 0) is 6.42 Å². The first-order valence-electron chi connectivity index (χ1n) is 5.81. The quantitative estimate of drug-likeness (QED) is 0.921. The van der Waals surface area contributed by atoms with Gasteiger partial charge in [0.25, 0.3) is 0 Å². The van der Waals surface area contributed by atoms with E-state index in [4.69, 9.17) is 5.73 Å². The maximum atomic E-state index is 11.5. The molecule has 0 saturated carbocycles. The van der Waals surface area contributed by atoms with Crippen molar-refractivity contribution in [3.05, 3.63) is 58.1 Å². The average molecular weight is 304 g/mol. The summed E-state index contributed by atoms with van der Waals surface area (Å²) in [5.41, 5.74) is 9.14. The number of benzene rings is 2. The maximum Gasteiger partial charge on any atom is 0.249 e. The molecule has 0 saturated heterocycles. The number of hydrogen-bond donors (Lipinski definition) is 1. The van der Waals surface area contributed by atoms with Crippen molar-refractivity contribution in [3.8, 4) is 11.1 Å². The van der Waals surface area contributed by atoms with Crippen LogP contribution in [0.4, 0.5) is 0 Å². The summed E-state index contributed by atoms with van der Waals surface area (Å²) in [5, 5.41) is 0. The zero-order valence-corrected chi connectivity index (χ0v) is 11.7. The zero-order valence-electron chi connectivity index (χ0n) is 10.1. The Hall–Kier alpha value is -1.61. The Morgan fingerprint density at radius 2 is 1.89 bits per heavy atom. The number of carbonyl (C=O) groups is 1. The number of amides is 1. The van der Waals surface area contributed by atoms with E-state index in [1.165, 1.54) is 5.56 Å². The molecule has 0 aromatic heterocycles. The van der Waals surface area contributed by atoms with E-state index in [0.29, 0.717) is 5.56 Å². The Morgan fingerprint density at radius 3 is 2.56 bits per heavy atom. The van der Waals surface area contributed by atoms with Crippen molar-refractivity contribution in [2.45, 2.75) is 13.3 Å². The lowest BCUT2D eigenvalue weighted by Crippen LogP contribution is -2.12. The molecule has 0 aliphatic heterocycles. The highest BCUT2D eigenvalue weighted by atomic mass is 79.9. The van der Waals surface area contributed by atoms with Crippen molar-refractivity contribution in [2.75, 3.05) is 0 Å². The van der Waals surface area contributed by atoms with Crippen LogP contribution in [0.2, 0.25) is 0 Å². The summed E-state index contributed by atoms with van der Waals surface area (Å²) in [7, 11) is 0. The molecule has 0 unspecified atom stereocenters. The number of primary amides is 1. The van der Waals surface area contributed by atoms with Crippen molar-refractivity contribution in [3.63, 3.8) is 0 Å². The van der Waals surface area contributed by atoms with Crippen LogP contribution in [-0.4, -0.2) is 5.91 Å². The van der Waals surface area contributed by atoms with E-state index >= 15 is 0 Å². The molecular weight excluding hydrogens is 290 g/mol. The van der Waals surface area contributed by atoms with Gasteiger partial charge in [0.1, 0.15) is 0 Å². The van der Waals surface area contributed by atoms with Gasteiger partial charge in [-0.15, -0.1) is 0 Å². The molecule has 0 radical (unpaired) electrons. The fraction of sp³-hybridized carbons (Fsp3) is 0.133. The second-order valence-corrected chi connectivity index (χ2v) is 4.98. The van der Waals surface area contributed by atoms with Crippen molar-refractivity contribution in [1.82, 2.24) is 0 Å². The van der Waals surface area contributed by atoms with Crippen LogP contribution in [0.5, 0.6) is 0 Å². The molecule has 2 aromatic carbocycles. The van der Waals surface area contributed by atoms with E-state index < -0.39 is 5.91 Å². The summed E-state index contributed by atoms with van der Waals surface area (Å²) in [6, 6.07) is 13.5. The van der Waals surface area contributed by atoms with Crippen molar-refractivity contribution in [2.24, 2.45) is 5.73 Å². The van der Waals surface area contributed by atoms with Gasteiger partial charge in [-0.2, -0.15) is 0 Å². The van der Waals surface area contributed by atoms with Gasteiger partial charge in [0.15, 0.2) is 0 Å². The Kier molecular flexibility index (Phi) is 3.82. The van der Waals surface area contributed by atoms with Gasteiger partial charge in [-0.1, -0.05) is 47.1 Å². The first-order valence-corrected chi connectivity index (χ1v) is 6.60. The highest BCUT2D eigenvalue weighted by Crippen LogP contribution is 2.29. The molecule has 2 rings (SSSR count). The van der Waals surface area contributed by atoms with Gasteiger partial charge < -0.3 is 5.73 Å². The van der Waals surface area contributed by atoms with Gasteiger partial charge in [0, 0.05) is 10.0 Å². The Balaban J connectivity index is 2.65. The molecule has 18 heavy (non-hydrogen) atoms. The fourth-order valence-corrected chi connectivity index (χ4v) is 2.46. The van der Waals surface area contributed by atoms with E-state index in [2.05, 4.69) is 28.9 Å². The standard InChI is InChI=1S/C15H14BrNO/c1-2-10-9-11(16)7-8-12(10)13-5-3-4-6-14(13)15(17)18/h3-9H,2H2,1H3,(H2,17,18). The second kappa shape index (κ2) is 5.36. The third-order valence-electron chi connectivity index (χ3n) is 2.93. The number of aryl methyl sites for hydroxylation is 1. The minimum Gasteiger partial charge on any atom is -0.366 e. The SMILES string of the molecule is CCc1cc(Br)ccc1-c1ccccc1C(N)=O. The summed E-state index contributed by atoms with van der Waals surface area (Å²) in [4.78, 5) is 11.5. The Morgan fingerprint density at radius 1 is 1.17 bits per heavy atom. The minimum atomic E-state index is -0.393. The minimum absolute atomic E-state index is 0.393. The van der Waals surface area contributed by atoms with Crippen LogP contribution in [0.3, 0.4) is 0 Å². The number of hydrogen-bond acceptors (Lipinski definition) is 1. The van der Waals surface area contributed by atoms with Gasteiger partial charge in [-0.05, 0) is 41.3 Å². The molecule has 0 spiro atoms. The Bertz CT molecular complexity index is 593. The highest BCUT2D eigenvalue weighted by Gasteiger charge is 2.11. The molecular formula is C15H14BrNO. The molecule has 0 aliphatic carbocycles. The molecule has 2 N–H and O–H groups in total. The molecule has 0 heterocycles. The van der Waals surface area contributed by atoms with Crippen LogP contribution in [0.15, 0.2) is 46.9 Å². The third kappa shape index (κ3) is 2.46. The van der Waals surface area contributed by atoms with E-state index in [1.54, 1.807) is 6.07 Å². The van der Waals surface area contributed by atoms with Gasteiger partial charge in [0.05, 0.1) is 0 Å². The topological polar surface area (TPSA) is 43.1 Å². The van der Waals surface area contributed by atoms with Crippen molar-refractivity contribution < 1.29 is 4.79 Å². The predicted molar refractivity (Wildman–Crippen MR) is 77.5 cm³/mol. The molecule has 0 fully saturated rings. The normalized spacial score (nSPS) is 10.3. The van der Waals surface area contributed by atoms with E-state index in [-0.39, 0.29) is 0 Å². The van der Waals surface area contributed by atoms with Crippen LogP contribution in [0, 0.1) is 0 Å². The van der Waals surface area contributed by atoms with Crippen LogP contribution in [0.25, 0.3) is 11.1 Å². The van der Waals surface area contributed by atoms with Crippen LogP contribution < -0.4 is 5.73 Å². The molecule has 2 nitrogen and oxygen atoms in total. The Labute approximate surface area is 115 Å². The summed E-state index contributed by atoms with van der Waals surface area (Å²) in [5.74, 6) is -0.393. The predicted octanol–water partition coefficient (Wildman–Crippen LogP) is 3.78. The molecule has 0 atom stereocenters. The van der Waals surface area contributed by atoms with E-state index in [1.807, 2.05) is 30.3 Å². The number of nitrogens with two attached hydrogens (primary N) is 1. The van der Waals surface area contributed by atoms with Crippen LogP contribution >= 0.6 is 15.9 Å². The first kappa shape index (κ1) is 12.8. The smallest absolute Gasteiger partial charge is 0.249 e. The highest BCUT2D eigenvalue weighted by molar-refractivity contribution is 9.10. The van der Waals surface area contributed by atoms with Gasteiger partial charge in [-0.3, -0.25) is 4.79 Å². The lowest BCUT2D eigenvalue weighted by atomic mass is 9.94. The average Bonchev–Trinajstić information content (AvgIpc) is 2.38. The third-order valence-corrected chi connectivity index (χ3v) is 3.42. The van der Waals surface area contributed by atoms with Crippen LogP contribution in [0.1, 0.15) is 22.8 Å². The second-order valence-electron chi connectivity index (χ2n) is 4.06. The zero-order chi connectivity index (χ0) is 13.1. The summed E-state index contributed by atoms with van der Waals surface area (Å²) < 4.78 is 1.04. The van der Waals surface area contributed by atoms with E-state index in [9.17, 15) is 4.79 Å². The molecule has 3 heteroatoms. The first-order chi connectivity index (χ1) is 8.63. The van der Waals surface area contributed by atoms with Gasteiger partial charge in [0.2, 0.25) is 5.91 Å². The van der Waals surface area contributed by atoms with Gasteiger partial charge in [-0.25, -0.2) is 0 Å². The molecule has 92 valence electrons.